The molecule has 3 rings (SSSR count). The summed E-state index contributed by atoms with van der Waals surface area (Å²) >= 11 is 0. The molecule has 0 aliphatic heterocycles. The van der Waals surface area contributed by atoms with Crippen LogP contribution in [0.5, 0.6) is 5.75 Å². The van der Waals surface area contributed by atoms with Gasteiger partial charge in [0.25, 0.3) is 5.91 Å². The molecule has 184 valence electrons. The number of aromatic nitrogens is 2. The van der Waals surface area contributed by atoms with Gasteiger partial charge in [0.1, 0.15) is 11.3 Å². The van der Waals surface area contributed by atoms with E-state index in [-0.39, 0.29) is 37.2 Å². The summed E-state index contributed by atoms with van der Waals surface area (Å²) in [6.07, 6.45) is 6.17. The molecule has 0 unspecified atom stereocenters. The summed E-state index contributed by atoms with van der Waals surface area (Å²) in [5.74, 6) is 0.781. The molecule has 0 spiro atoms. The van der Waals surface area contributed by atoms with Gasteiger partial charge in [0.15, 0.2) is 12.4 Å². The molecule has 34 heavy (non-hydrogen) atoms. The molecule has 1 aliphatic rings. The highest BCUT2D eigenvalue weighted by atomic mass is 16.5. The fourth-order valence-corrected chi connectivity index (χ4v) is 4.13. The first kappa shape index (κ1) is 25.2. The highest BCUT2D eigenvalue weighted by Gasteiger charge is 2.38. The SMILES string of the molecule is CCNC(=O)COc1cccc(NC(=O)CCc2nc(C3(NC(C)=O)CCCCCC3)no2)c1. The van der Waals surface area contributed by atoms with Gasteiger partial charge in [-0.05, 0) is 31.9 Å². The van der Waals surface area contributed by atoms with Crippen LogP contribution in [0.25, 0.3) is 0 Å². The molecule has 1 aromatic heterocycles. The number of carbonyl (C=O) groups is 3. The Bertz CT molecular complexity index is 982. The fraction of sp³-hybridized carbons (Fsp3) is 0.542. The number of hydrogen-bond donors (Lipinski definition) is 3. The van der Waals surface area contributed by atoms with Gasteiger partial charge in [-0.3, -0.25) is 14.4 Å². The van der Waals surface area contributed by atoms with Crippen molar-refractivity contribution in [3.63, 3.8) is 0 Å². The van der Waals surface area contributed by atoms with Crippen LogP contribution in [0, 0.1) is 0 Å². The summed E-state index contributed by atoms with van der Waals surface area (Å²) < 4.78 is 10.9. The minimum absolute atomic E-state index is 0.0925. The van der Waals surface area contributed by atoms with Gasteiger partial charge in [-0.15, -0.1) is 0 Å². The standard InChI is InChI=1S/C24H33N5O5/c1-3-25-21(32)16-33-19-10-8-9-18(15-19)26-20(31)11-12-22-27-23(29-34-22)24(28-17(2)30)13-6-4-5-7-14-24/h8-10,15H,3-7,11-14,16H2,1-2H3,(H,25,32)(H,26,31)(H,28,30). The molecule has 1 saturated carbocycles. The van der Waals surface area contributed by atoms with E-state index in [1.165, 1.54) is 6.92 Å². The van der Waals surface area contributed by atoms with E-state index in [1.807, 2.05) is 6.92 Å². The van der Waals surface area contributed by atoms with Crippen LogP contribution in [0.15, 0.2) is 28.8 Å². The third kappa shape index (κ3) is 7.29. The maximum absolute atomic E-state index is 12.4. The van der Waals surface area contributed by atoms with Gasteiger partial charge in [-0.1, -0.05) is 36.9 Å². The Morgan fingerprint density at radius 3 is 2.59 bits per heavy atom. The van der Waals surface area contributed by atoms with E-state index in [0.717, 1.165) is 38.5 Å². The molecule has 1 heterocycles. The Kier molecular flexibility index (Phi) is 9.00. The molecule has 1 fully saturated rings. The molecule has 0 saturated heterocycles. The molecule has 1 aliphatic carbocycles. The maximum atomic E-state index is 12.4. The van der Waals surface area contributed by atoms with Crippen LogP contribution in [-0.2, 0) is 26.3 Å². The number of nitrogens with one attached hydrogen (secondary N) is 3. The lowest BCUT2D eigenvalue weighted by molar-refractivity contribution is -0.123. The molecule has 1 aromatic carbocycles. The second-order valence-corrected chi connectivity index (χ2v) is 8.51. The van der Waals surface area contributed by atoms with Crippen LogP contribution >= 0.6 is 0 Å². The monoisotopic (exact) mass is 471 g/mol. The van der Waals surface area contributed by atoms with Gasteiger partial charge < -0.3 is 25.2 Å². The third-order valence-corrected chi connectivity index (χ3v) is 5.70. The average Bonchev–Trinajstić information content (AvgIpc) is 3.16. The zero-order chi connectivity index (χ0) is 24.4. The highest BCUT2D eigenvalue weighted by molar-refractivity contribution is 5.91. The predicted molar refractivity (Wildman–Crippen MR) is 125 cm³/mol. The van der Waals surface area contributed by atoms with Crippen molar-refractivity contribution in [3.05, 3.63) is 36.0 Å². The van der Waals surface area contributed by atoms with Gasteiger partial charge in [0.05, 0.1) is 0 Å². The van der Waals surface area contributed by atoms with E-state index in [9.17, 15) is 14.4 Å². The van der Waals surface area contributed by atoms with Crippen LogP contribution in [-0.4, -0.2) is 41.0 Å². The minimum Gasteiger partial charge on any atom is -0.484 e. The molecule has 3 N–H and O–H groups in total. The van der Waals surface area contributed by atoms with E-state index >= 15 is 0 Å². The largest absolute Gasteiger partial charge is 0.484 e. The number of hydrogen-bond acceptors (Lipinski definition) is 7. The van der Waals surface area contributed by atoms with Crippen molar-refractivity contribution in [1.82, 2.24) is 20.8 Å². The Labute approximate surface area is 199 Å². The van der Waals surface area contributed by atoms with Crippen molar-refractivity contribution in [2.45, 2.75) is 70.8 Å². The molecular formula is C24H33N5O5. The van der Waals surface area contributed by atoms with Crippen molar-refractivity contribution in [1.29, 1.82) is 0 Å². The van der Waals surface area contributed by atoms with Crippen molar-refractivity contribution in [2.75, 3.05) is 18.5 Å². The smallest absolute Gasteiger partial charge is 0.257 e. The topological polar surface area (TPSA) is 135 Å². The number of rotatable bonds is 10. The summed E-state index contributed by atoms with van der Waals surface area (Å²) in [7, 11) is 0. The van der Waals surface area contributed by atoms with Crippen LogP contribution in [0.2, 0.25) is 0 Å². The fourth-order valence-electron chi connectivity index (χ4n) is 4.13. The molecule has 0 radical (unpaired) electrons. The Morgan fingerprint density at radius 2 is 1.88 bits per heavy atom. The summed E-state index contributed by atoms with van der Waals surface area (Å²) in [5.41, 5.74) is -0.0476. The first-order valence-corrected chi connectivity index (χ1v) is 11.8. The van der Waals surface area contributed by atoms with Crippen LogP contribution in [0.1, 0.15) is 70.5 Å². The van der Waals surface area contributed by atoms with E-state index in [1.54, 1.807) is 24.3 Å². The van der Waals surface area contributed by atoms with E-state index < -0.39 is 5.54 Å². The van der Waals surface area contributed by atoms with Gasteiger partial charge in [0.2, 0.25) is 17.7 Å². The maximum Gasteiger partial charge on any atom is 0.257 e. The normalized spacial score (nSPS) is 15.1. The summed E-state index contributed by atoms with van der Waals surface area (Å²) in [4.78, 5) is 40.4. The zero-order valence-electron chi connectivity index (χ0n) is 19.8. The molecule has 0 bridgehead atoms. The molecule has 10 nitrogen and oxygen atoms in total. The molecule has 2 aromatic rings. The second kappa shape index (κ2) is 12.2. The first-order valence-electron chi connectivity index (χ1n) is 11.8. The highest BCUT2D eigenvalue weighted by Crippen LogP contribution is 2.34. The van der Waals surface area contributed by atoms with Gasteiger partial charge in [-0.2, -0.15) is 4.98 Å². The number of benzene rings is 1. The number of nitrogens with zero attached hydrogens (tertiary/aromatic N) is 2. The van der Waals surface area contributed by atoms with Crippen molar-refractivity contribution < 1.29 is 23.6 Å². The van der Waals surface area contributed by atoms with E-state index in [4.69, 9.17) is 9.26 Å². The van der Waals surface area contributed by atoms with Gasteiger partial charge >= 0.3 is 0 Å². The van der Waals surface area contributed by atoms with Crippen molar-refractivity contribution in [3.8, 4) is 5.75 Å². The molecule has 10 heteroatoms. The lowest BCUT2D eigenvalue weighted by atomic mass is 9.89. The van der Waals surface area contributed by atoms with Crippen LogP contribution in [0.4, 0.5) is 5.69 Å². The quantitative estimate of drug-likeness (QED) is 0.453. The number of aryl methyl sites for hydroxylation is 1. The Hall–Kier alpha value is -3.43. The summed E-state index contributed by atoms with van der Waals surface area (Å²) in [5, 5.41) is 12.7. The Morgan fingerprint density at radius 1 is 1.12 bits per heavy atom. The summed E-state index contributed by atoms with van der Waals surface area (Å²) in [6.45, 7) is 3.78. The van der Waals surface area contributed by atoms with Crippen molar-refractivity contribution >= 4 is 23.4 Å². The van der Waals surface area contributed by atoms with Crippen LogP contribution in [0.3, 0.4) is 0 Å². The molecular weight excluding hydrogens is 438 g/mol. The number of anilines is 1. The van der Waals surface area contributed by atoms with Gasteiger partial charge in [0, 0.05) is 38.1 Å². The van der Waals surface area contributed by atoms with Crippen LogP contribution < -0.4 is 20.7 Å². The number of ether oxygens (including phenoxy) is 1. The first-order chi connectivity index (χ1) is 16.4. The third-order valence-electron chi connectivity index (χ3n) is 5.70. The van der Waals surface area contributed by atoms with Gasteiger partial charge in [-0.25, -0.2) is 0 Å². The second-order valence-electron chi connectivity index (χ2n) is 8.51. The number of amides is 3. The summed E-state index contributed by atoms with van der Waals surface area (Å²) in [6, 6.07) is 6.85. The predicted octanol–water partition coefficient (Wildman–Crippen LogP) is 2.84. The number of likely N-dealkylation sites (N-methyl/N-ethyl adjacent to an activating group) is 1. The lowest BCUT2D eigenvalue weighted by Gasteiger charge is -2.30. The number of carbonyl (C=O) groups excluding carboxylic acids is 3. The van der Waals surface area contributed by atoms with Crippen molar-refractivity contribution in [2.24, 2.45) is 0 Å². The lowest BCUT2D eigenvalue weighted by Crippen LogP contribution is -2.45. The van der Waals surface area contributed by atoms with E-state index in [0.29, 0.717) is 29.7 Å². The van der Waals surface area contributed by atoms with E-state index in [2.05, 4.69) is 26.1 Å². The molecule has 3 amide bonds. The minimum atomic E-state index is -0.610. The Balaban J connectivity index is 1.55. The zero-order valence-corrected chi connectivity index (χ0v) is 19.8. The average molecular weight is 472 g/mol. The molecule has 0 atom stereocenters.